The van der Waals surface area contributed by atoms with Crippen LogP contribution in [0.3, 0.4) is 0 Å². The Morgan fingerprint density at radius 1 is 0.963 bits per heavy atom. The van der Waals surface area contributed by atoms with Gasteiger partial charge in [-0.1, -0.05) is 48.0 Å². The molecule has 0 spiro atoms. The first-order valence-electron chi connectivity index (χ1n) is 8.87. The average molecular weight is 363 g/mol. The molecule has 138 valence electrons. The number of hydrogen-bond acceptors (Lipinski definition) is 2. The molecule has 3 nitrogen and oxygen atoms in total. The third-order valence-electron chi connectivity index (χ3n) is 4.27. The summed E-state index contributed by atoms with van der Waals surface area (Å²) in [6.45, 7) is 4.16. The summed E-state index contributed by atoms with van der Waals surface area (Å²) in [5, 5.41) is 0. The molecule has 0 fully saturated rings. The van der Waals surface area contributed by atoms with Gasteiger partial charge in [-0.05, 0) is 55.8 Å². The number of nitrogens with zero attached hydrogens (tertiary/aromatic N) is 1. The number of rotatable bonds is 6. The number of carbonyl (C=O) groups excluding carboxylic acids is 1. The fourth-order valence-corrected chi connectivity index (χ4v) is 2.77. The fraction of sp³-hybridized carbons (Fsp3) is 0.174. The molecule has 0 radical (unpaired) electrons. The van der Waals surface area contributed by atoms with Crippen molar-refractivity contribution in [3.63, 3.8) is 0 Å². The molecule has 3 rings (SSSR count). The zero-order chi connectivity index (χ0) is 19.2. The number of aryl methyl sites for hydroxylation is 1. The zero-order valence-corrected chi connectivity index (χ0v) is 15.4. The quantitative estimate of drug-likeness (QED) is 0.607. The first-order chi connectivity index (χ1) is 13.0. The van der Waals surface area contributed by atoms with Gasteiger partial charge in [0.1, 0.15) is 11.6 Å². The molecule has 0 N–H and O–H groups in total. The summed E-state index contributed by atoms with van der Waals surface area (Å²) >= 11 is 0. The van der Waals surface area contributed by atoms with Crippen LogP contribution in [-0.2, 0) is 11.3 Å². The number of benzene rings is 3. The predicted molar refractivity (Wildman–Crippen MR) is 105 cm³/mol. The zero-order valence-electron chi connectivity index (χ0n) is 15.4. The van der Waals surface area contributed by atoms with Crippen molar-refractivity contribution in [2.24, 2.45) is 0 Å². The first-order valence-corrected chi connectivity index (χ1v) is 8.87. The third kappa shape index (κ3) is 4.94. The number of hydrogen-bond donors (Lipinski definition) is 0. The molecule has 27 heavy (non-hydrogen) atoms. The molecule has 0 aromatic heterocycles. The van der Waals surface area contributed by atoms with Crippen molar-refractivity contribution in [2.45, 2.75) is 26.5 Å². The summed E-state index contributed by atoms with van der Waals surface area (Å²) in [7, 11) is 0. The summed E-state index contributed by atoms with van der Waals surface area (Å²) in [6.07, 6.45) is -0.708. The van der Waals surface area contributed by atoms with Gasteiger partial charge in [0.25, 0.3) is 5.91 Å². The SMILES string of the molecule is Cc1ccc(N(Cc2ccccc2)C(=O)C(C)Oc2ccc(F)cc2)cc1. The molecule has 1 atom stereocenters. The number of amides is 1. The topological polar surface area (TPSA) is 29.5 Å². The standard InChI is InChI=1S/C23H22FNO2/c1-17-8-12-21(13-9-17)25(16-19-6-4-3-5-7-19)23(26)18(2)27-22-14-10-20(24)11-15-22/h3-15,18H,16H2,1-2H3. The molecule has 1 unspecified atom stereocenters. The number of anilines is 1. The average Bonchev–Trinajstić information content (AvgIpc) is 2.69. The van der Waals surface area contributed by atoms with Crippen LogP contribution in [0.5, 0.6) is 5.75 Å². The second-order valence-corrected chi connectivity index (χ2v) is 6.46. The van der Waals surface area contributed by atoms with E-state index in [1.54, 1.807) is 11.8 Å². The molecule has 0 heterocycles. The van der Waals surface area contributed by atoms with Gasteiger partial charge < -0.3 is 9.64 Å². The Balaban J connectivity index is 1.82. The van der Waals surface area contributed by atoms with E-state index < -0.39 is 6.10 Å². The Kier molecular flexibility index (Phi) is 5.87. The van der Waals surface area contributed by atoms with Crippen molar-refractivity contribution in [3.8, 4) is 5.75 Å². The minimum absolute atomic E-state index is 0.160. The molecule has 3 aromatic carbocycles. The van der Waals surface area contributed by atoms with Crippen molar-refractivity contribution >= 4 is 11.6 Å². The van der Waals surface area contributed by atoms with E-state index >= 15 is 0 Å². The van der Waals surface area contributed by atoms with E-state index in [0.29, 0.717) is 12.3 Å². The van der Waals surface area contributed by atoms with Crippen molar-refractivity contribution in [3.05, 3.63) is 95.8 Å². The molecule has 0 saturated heterocycles. The van der Waals surface area contributed by atoms with Crippen LogP contribution in [-0.4, -0.2) is 12.0 Å². The summed E-state index contributed by atoms with van der Waals surface area (Å²) in [6, 6.07) is 23.3. The summed E-state index contributed by atoms with van der Waals surface area (Å²) in [4.78, 5) is 14.8. The van der Waals surface area contributed by atoms with E-state index in [-0.39, 0.29) is 11.7 Å². The van der Waals surface area contributed by atoms with Gasteiger partial charge >= 0.3 is 0 Å². The Hall–Kier alpha value is -3.14. The van der Waals surface area contributed by atoms with Crippen LogP contribution in [0, 0.1) is 12.7 Å². The van der Waals surface area contributed by atoms with Crippen LogP contribution in [0.1, 0.15) is 18.1 Å². The number of halogens is 1. The van der Waals surface area contributed by atoms with Crippen LogP contribution < -0.4 is 9.64 Å². The molecular formula is C23H22FNO2. The van der Waals surface area contributed by atoms with Gasteiger partial charge in [0.15, 0.2) is 6.10 Å². The van der Waals surface area contributed by atoms with Gasteiger partial charge in [-0.25, -0.2) is 4.39 Å². The van der Waals surface area contributed by atoms with Gasteiger partial charge in [0, 0.05) is 5.69 Å². The normalized spacial score (nSPS) is 11.7. The van der Waals surface area contributed by atoms with Gasteiger partial charge in [0.2, 0.25) is 0 Å². The highest BCUT2D eigenvalue weighted by atomic mass is 19.1. The van der Waals surface area contributed by atoms with Gasteiger partial charge in [-0.3, -0.25) is 4.79 Å². The number of carbonyl (C=O) groups is 1. The van der Waals surface area contributed by atoms with Crippen molar-refractivity contribution in [2.75, 3.05) is 4.90 Å². The molecule has 0 aliphatic heterocycles. The maximum absolute atomic E-state index is 13.1. The van der Waals surface area contributed by atoms with Gasteiger partial charge in [0.05, 0.1) is 6.54 Å². The molecule has 1 amide bonds. The second-order valence-electron chi connectivity index (χ2n) is 6.46. The van der Waals surface area contributed by atoms with E-state index in [1.165, 1.54) is 24.3 Å². The van der Waals surface area contributed by atoms with Crippen molar-refractivity contribution in [1.29, 1.82) is 0 Å². The highest BCUT2D eigenvalue weighted by Crippen LogP contribution is 2.21. The predicted octanol–water partition coefficient (Wildman–Crippen LogP) is 5.13. The number of ether oxygens (including phenoxy) is 1. The van der Waals surface area contributed by atoms with E-state index in [1.807, 2.05) is 61.5 Å². The van der Waals surface area contributed by atoms with E-state index in [4.69, 9.17) is 4.74 Å². The smallest absolute Gasteiger partial charge is 0.268 e. The lowest BCUT2D eigenvalue weighted by Gasteiger charge is -2.26. The molecular weight excluding hydrogens is 341 g/mol. The molecule has 4 heteroatoms. The second kappa shape index (κ2) is 8.49. The van der Waals surface area contributed by atoms with E-state index in [9.17, 15) is 9.18 Å². The highest BCUT2D eigenvalue weighted by Gasteiger charge is 2.24. The maximum Gasteiger partial charge on any atom is 0.268 e. The minimum atomic E-state index is -0.708. The van der Waals surface area contributed by atoms with Crippen LogP contribution >= 0.6 is 0 Å². The lowest BCUT2D eigenvalue weighted by molar-refractivity contribution is -0.124. The van der Waals surface area contributed by atoms with E-state index in [2.05, 4.69) is 0 Å². The Labute approximate surface area is 159 Å². The molecule has 0 bridgehead atoms. The van der Waals surface area contributed by atoms with Gasteiger partial charge in [-0.2, -0.15) is 0 Å². The maximum atomic E-state index is 13.1. The monoisotopic (exact) mass is 363 g/mol. The summed E-state index contributed by atoms with van der Waals surface area (Å²) in [5.41, 5.74) is 2.96. The third-order valence-corrected chi connectivity index (χ3v) is 4.27. The van der Waals surface area contributed by atoms with Crippen LogP contribution in [0.4, 0.5) is 10.1 Å². The summed E-state index contributed by atoms with van der Waals surface area (Å²) in [5.74, 6) is -0.0421. The Bertz CT molecular complexity index is 877. The summed E-state index contributed by atoms with van der Waals surface area (Å²) < 4.78 is 18.8. The van der Waals surface area contributed by atoms with E-state index in [0.717, 1.165) is 16.8 Å². The van der Waals surface area contributed by atoms with Crippen molar-refractivity contribution in [1.82, 2.24) is 0 Å². The van der Waals surface area contributed by atoms with Crippen LogP contribution in [0.25, 0.3) is 0 Å². The van der Waals surface area contributed by atoms with Crippen LogP contribution in [0.15, 0.2) is 78.9 Å². The minimum Gasteiger partial charge on any atom is -0.481 e. The lowest BCUT2D eigenvalue weighted by Crippen LogP contribution is -2.40. The highest BCUT2D eigenvalue weighted by molar-refractivity contribution is 5.96. The fourth-order valence-electron chi connectivity index (χ4n) is 2.77. The van der Waals surface area contributed by atoms with Crippen molar-refractivity contribution < 1.29 is 13.9 Å². The molecule has 0 aliphatic carbocycles. The van der Waals surface area contributed by atoms with Gasteiger partial charge in [-0.15, -0.1) is 0 Å². The largest absolute Gasteiger partial charge is 0.481 e. The molecule has 0 aliphatic rings. The Morgan fingerprint density at radius 3 is 2.22 bits per heavy atom. The Morgan fingerprint density at radius 2 is 1.59 bits per heavy atom. The first kappa shape index (κ1) is 18.6. The molecule has 3 aromatic rings. The van der Waals surface area contributed by atoms with Crippen LogP contribution in [0.2, 0.25) is 0 Å². The molecule has 0 saturated carbocycles. The lowest BCUT2D eigenvalue weighted by atomic mass is 10.1.